The van der Waals surface area contributed by atoms with Crippen LogP contribution >= 0.6 is 0 Å². The van der Waals surface area contributed by atoms with E-state index in [2.05, 4.69) is 16.4 Å². The number of amides is 2. The van der Waals surface area contributed by atoms with E-state index in [9.17, 15) is 9.59 Å². The van der Waals surface area contributed by atoms with Gasteiger partial charge in [-0.2, -0.15) is 0 Å². The number of carbonyl (C=O) groups is 2. The summed E-state index contributed by atoms with van der Waals surface area (Å²) in [6, 6.07) is 9.53. The Kier molecular flexibility index (Phi) is 4.06. The lowest BCUT2D eigenvalue weighted by atomic mass is 10.0. The molecule has 126 valence electrons. The lowest BCUT2D eigenvalue weighted by Gasteiger charge is -2.18. The Morgan fingerprint density at radius 2 is 2.12 bits per heavy atom. The van der Waals surface area contributed by atoms with E-state index in [0.717, 1.165) is 35.2 Å². The molecule has 2 aliphatic rings. The normalized spacial score (nSPS) is 16.7. The van der Waals surface area contributed by atoms with Crippen LogP contribution in [-0.2, 0) is 11.2 Å². The van der Waals surface area contributed by atoms with Gasteiger partial charge in [-0.05, 0) is 47.7 Å². The van der Waals surface area contributed by atoms with Crippen LogP contribution in [0.5, 0.6) is 0 Å². The molecule has 25 heavy (non-hydrogen) atoms. The number of aromatic nitrogens is 1. The highest BCUT2D eigenvalue weighted by atomic mass is 16.2. The Balaban J connectivity index is 1.52. The predicted molar refractivity (Wildman–Crippen MR) is 96.1 cm³/mol. The molecule has 0 radical (unpaired) electrons. The van der Waals surface area contributed by atoms with Gasteiger partial charge in [-0.3, -0.25) is 14.6 Å². The van der Waals surface area contributed by atoms with Gasteiger partial charge in [0.05, 0.1) is 0 Å². The molecule has 0 atom stereocenters. The van der Waals surface area contributed by atoms with Gasteiger partial charge in [0.1, 0.15) is 0 Å². The van der Waals surface area contributed by atoms with Gasteiger partial charge in [-0.15, -0.1) is 0 Å². The molecular weight excluding hydrogens is 314 g/mol. The number of anilines is 1. The second kappa shape index (κ2) is 6.51. The van der Waals surface area contributed by atoms with Gasteiger partial charge in [0.2, 0.25) is 5.91 Å². The average Bonchev–Trinajstić information content (AvgIpc) is 3.05. The number of carbonyl (C=O) groups excluding carboxylic acids is 2. The van der Waals surface area contributed by atoms with Crippen LogP contribution in [0.1, 0.15) is 34.3 Å². The molecule has 5 nitrogen and oxygen atoms in total. The highest BCUT2D eigenvalue weighted by Gasteiger charge is 2.23. The maximum atomic E-state index is 12.8. The minimum absolute atomic E-state index is 0.0172. The summed E-state index contributed by atoms with van der Waals surface area (Å²) in [5.74, 6) is 0.00138. The van der Waals surface area contributed by atoms with Crippen LogP contribution in [0.4, 0.5) is 5.69 Å². The van der Waals surface area contributed by atoms with Gasteiger partial charge >= 0.3 is 0 Å². The van der Waals surface area contributed by atoms with Gasteiger partial charge < -0.3 is 10.2 Å². The number of hydrogen-bond acceptors (Lipinski definition) is 3. The van der Waals surface area contributed by atoms with Crippen LogP contribution in [0.25, 0.3) is 5.57 Å². The fourth-order valence-electron chi connectivity index (χ4n) is 3.35. The molecule has 0 bridgehead atoms. The number of nitrogens with zero attached hydrogens (tertiary/aromatic N) is 2. The summed E-state index contributed by atoms with van der Waals surface area (Å²) in [5, 5.41) is 2.91. The third-order valence-electron chi connectivity index (χ3n) is 4.72. The molecule has 1 aromatic heterocycles. The third-order valence-corrected chi connectivity index (χ3v) is 4.72. The van der Waals surface area contributed by atoms with E-state index < -0.39 is 0 Å². The zero-order chi connectivity index (χ0) is 17.2. The summed E-state index contributed by atoms with van der Waals surface area (Å²) in [4.78, 5) is 30.5. The Morgan fingerprint density at radius 1 is 1.20 bits per heavy atom. The van der Waals surface area contributed by atoms with Gasteiger partial charge in [0.25, 0.3) is 5.91 Å². The largest absolute Gasteiger partial charge is 0.331 e. The van der Waals surface area contributed by atoms with E-state index in [1.54, 1.807) is 6.20 Å². The smallest absolute Gasteiger partial charge is 0.254 e. The summed E-state index contributed by atoms with van der Waals surface area (Å²) >= 11 is 0. The molecule has 0 saturated carbocycles. The summed E-state index contributed by atoms with van der Waals surface area (Å²) in [5.41, 5.74) is 4.64. The van der Waals surface area contributed by atoms with Crippen LogP contribution in [-0.4, -0.2) is 34.8 Å². The molecule has 0 spiro atoms. The van der Waals surface area contributed by atoms with Crippen LogP contribution in [0, 0.1) is 0 Å². The quantitative estimate of drug-likeness (QED) is 0.919. The van der Waals surface area contributed by atoms with E-state index in [0.29, 0.717) is 25.1 Å². The Bertz CT molecular complexity index is 858. The van der Waals surface area contributed by atoms with Crippen molar-refractivity contribution in [3.63, 3.8) is 0 Å². The third kappa shape index (κ3) is 3.18. The Hall–Kier alpha value is -2.95. The van der Waals surface area contributed by atoms with Crippen LogP contribution in [0.15, 0.2) is 48.8 Å². The minimum atomic E-state index is -0.0172. The molecule has 2 aliphatic heterocycles. The first kappa shape index (κ1) is 15.6. The van der Waals surface area contributed by atoms with Crippen LogP contribution in [0.2, 0.25) is 0 Å². The number of rotatable bonds is 2. The standard InChI is InChI=1S/C20H19N3O2/c24-19-5-1-3-14-6-7-15(11-18(14)22-19)20(25)23-10-8-17(13-23)16-4-2-9-21-12-16/h2,4,6-9,11-12H,1,3,5,10,13H2,(H,22,24). The lowest BCUT2D eigenvalue weighted by Crippen LogP contribution is -2.29. The van der Waals surface area contributed by atoms with Gasteiger partial charge in [0, 0.05) is 43.2 Å². The van der Waals surface area contributed by atoms with Gasteiger partial charge in [0.15, 0.2) is 0 Å². The molecular formula is C20H19N3O2. The fourth-order valence-corrected chi connectivity index (χ4v) is 3.35. The first-order valence-electron chi connectivity index (χ1n) is 8.52. The molecule has 2 amide bonds. The number of benzene rings is 1. The molecule has 0 fully saturated rings. The van der Waals surface area contributed by atoms with Crippen LogP contribution in [0.3, 0.4) is 0 Å². The van der Waals surface area contributed by atoms with Gasteiger partial charge in [-0.1, -0.05) is 18.2 Å². The molecule has 2 aromatic rings. The zero-order valence-electron chi connectivity index (χ0n) is 13.9. The maximum absolute atomic E-state index is 12.8. The topological polar surface area (TPSA) is 62.3 Å². The maximum Gasteiger partial charge on any atom is 0.254 e. The van der Waals surface area contributed by atoms with Crippen molar-refractivity contribution in [2.75, 3.05) is 18.4 Å². The van der Waals surface area contributed by atoms with Crippen molar-refractivity contribution >= 4 is 23.1 Å². The molecule has 5 heteroatoms. The van der Waals surface area contributed by atoms with E-state index in [1.165, 1.54) is 0 Å². The summed E-state index contributed by atoms with van der Waals surface area (Å²) < 4.78 is 0. The molecule has 1 N–H and O–H groups in total. The van der Waals surface area contributed by atoms with Crippen molar-refractivity contribution in [2.45, 2.75) is 19.3 Å². The van der Waals surface area contributed by atoms with E-state index >= 15 is 0 Å². The zero-order valence-corrected chi connectivity index (χ0v) is 13.9. The molecule has 0 saturated heterocycles. The van der Waals surface area contributed by atoms with Crippen LogP contribution < -0.4 is 5.32 Å². The van der Waals surface area contributed by atoms with Crippen molar-refractivity contribution in [1.29, 1.82) is 0 Å². The van der Waals surface area contributed by atoms with E-state index in [-0.39, 0.29) is 11.8 Å². The number of pyridine rings is 1. The number of fused-ring (bicyclic) bond motifs is 1. The van der Waals surface area contributed by atoms with Crippen molar-refractivity contribution in [3.05, 3.63) is 65.5 Å². The van der Waals surface area contributed by atoms with Gasteiger partial charge in [-0.25, -0.2) is 0 Å². The molecule has 0 aliphatic carbocycles. The Morgan fingerprint density at radius 3 is 2.96 bits per heavy atom. The second-order valence-electron chi connectivity index (χ2n) is 6.43. The second-order valence-corrected chi connectivity index (χ2v) is 6.43. The van der Waals surface area contributed by atoms with Crippen molar-refractivity contribution < 1.29 is 9.59 Å². The predicted octanol–water partition coefficient (Wildman–Crippen LogP) is 2.90. The first-order valence-corrected chi connectivity index (χ1v) is 8.52. The fraction of sp³-hybridized carbons (Fsp3) is 0.250. The lowest BCUT2D eigenvalue weighted by molar-refractivity contribution is -0.116. The van der Waals surface area contributed by atoms with Crippen molar-refractivity contribution in [3.8, 4) is 0 Å². The molecule has 4 rings (SSSR count). The highest BCUT2D eigenvalue weighted by molar-refractivity contribution is 5.99. The van der Waals surface area contributed by atoms with Crippen molar-refractivity contribution in [1.82, 2.24) is 9.88 Å². The Labute approximate surface area is 146 Å². The summed E-state index contributed by atoms with van der Waals surface area (Å²) in [6.45, 7) is 1.17. The number of hydrogen-bond donors (Lipinski definition) is 1. The molecule has 3 heterocycles. The molecule has 0 unspecified atom stereocenters. The number of nitrogens with one attached hydrogen (secondary N) is 1. The monoisotopic (exact) mass is 333 g/mol. The summed E-state index contributed by atoms with van der Waals surface area (Å²) in [7, 11) is 0. The van der Waals surface area contributed by atoms with E-state index in [1.807, 2.05) is 41.4 Å². The minimum Gasteiger partial charge on any atom is -0.331 e. The average molecular weight is 333 g/mol. The first-order chi connectivity index (χ1) is 12.2. The highest BCUT2D eigenvalue weighted by Crippen LogP contribution is 2.26. The summed E-state index contributed by atoms with van der Waals surface area (Å²) in [6.07, 6.45) is 7.86. The van der Waals surface area contributed by atoms with E-state index in [4.69, 9.17) is 0 Å². The van der Waals surface area contributed by atoms with Crippen molar-refractivity contribution in [2.24, 2.45) is 0 Å². The SMILES string of the molecule is O=C1CCCc2ccc(C(=O)N3CC=C(c4cccnc4)C3)cc2N1. The number of aryl methyl sites for hydroxylation is 1. The molecule has 1 aromatic carbocycles.